The number of benzene rings is 7. The molecule has 0 heterocycles. The first kappa shape index (κ1) is 49.1. The summed E-state index contributed by atoms with van der Waals surface area (Å²) in [6.07, 6.45) is 5.86. The van der Waals surface area contributed by atoms with Crippen molar-refractivity contribution in [1.82, 2.24) is 0 Å². The highest BCUT2D eigenvalue weighted by molar-refractivity contribution is 5.72. The van der Waals surface area contributed by atoms with Gasteiger partial charge in [-0.05, 0) is 225 Å². The molecule has 1 saturated carbocycles. The molecule has 69 heavy (non-hydrogen) atoms. The van der Waals surface area contributed by atoms with Crippen LogP contribution < -0.4 is 4.74 Å². The van der Waals surface area contributed by atoms with Crippen molar-refractivity contribution in [3.05, 3.63) is 197 Å². The molecule has 0 aromatic heterocycles. The standard InChI is InChI=1S/C64H72O5/c1-35-31-55(39(5)43(9)61(35)65)59(56-32-36(2)62(66)44(10)40(56)6)52-27-23-50(24-28-52)48-19-21-49(22-20-48)51-25-29-53(30-26-51)60(57-33-37(3)63(67)45(11)41(57)7)58-34-38(4)64(46(12)42(58)8)69-47(13)68-54-17-15-14-16-18-54/h19-34,47,54,59-60,65-67H,14-18H2,1-13H3. The molecule has 2 atom stereocenters. The Labute approximate surface area is 411 Å². The molecule has 0 aliphatic heterocycles. The highest BCUT2D eigenvalue weighted by atomic mass is 16.7. The molecule has 1 aliphatic carbocycles. The third kappa shape index (κ3) is 9.56. The summed E-state index contributed by atoms with van der Waals surface area (Å²) in [6, 6.07) is 35.5. The van der Waals surface area contributed by atoms with E-state index < -0.39 is 0 Å². The zero-order chi connectivity index (χ0) is 49.6. The van der Waals surface area contributed by atoms with Crippen molar-refractivity contribution in [3.8, 4) is 45.3 Å². The van der Waals surface area contributed by atoms with Crippen molar-refractivity contribution in [3.63, 3.8) is 0 Å². The van der Waals surface area contributed by atoms with Crippen LogP contribution in [0, 0.1) is 83.1 Å². The zero-order valence-corrected chi connectivity index (χ0v) is 43.2. The van der Waals surface area contributed by atoms with Gasteiger partial charge in [0.2, 0.25) is 0 Å². The van der Waals surface area contributed by atoms with E-state index in [-0.39, 0.29) is 24.2 Å². The molecule has 1 aliphatic rings. The average Bonchev–Trinajstić information content (AvgIpc) is 3.35. The van der Waals surface area contributed by atoms with E-state index in [1.165, 1.54) is 41.5 Å². The number of hydrogen-bond acceptors (Lipinski definition) is 5. The smallest absolute Gasteiger partial charge is 0.197 e. The zero-order valence-electron chi connectivity index (χ0n) is 43.2. The van der Waals surface area contributed by atoms with E-state index in [4.69, 9.17) is 9.47 Å². The third-order valence-electron chi connectivity index (χ3n) is 15.9. The Morgan fingerprint density at radius 3 is 1.04 bits per heavy atom. The van der Waals surface area contributed by atoms with Gasteiger partial charge in [-0.25, -0.2) is 0 Å². The van der Waals surface area contributed by atoms with E-state index in [1.54, 1.807) is 0 Å². The molecular weight excluding hydrogens is 849 g/mol. The number of rotatable bonds is 12. The first-order valence-corrected chi connectivity index (χ1v) is 25.0. The average molecular weight is 921 g/mol. The molecule has 0 spiro atoms. The van der Waals surface area contributed by atoms with E-state index in [2.05, 4.69) is 139 Å². The Balaban J connectivity index is 1.10. The van der Waals surface area contributed by atoms with Gasteiger partial charge in [-0.3, -0.25) is 0 Å². The maximum Gasteiger partial charge on any atom is 0.197 e. The Morgan fingerprint density at radius 2 is 0.696 bits per heavy atom. The van der Waals surface area contributed by atoms with Crippen LogP contribution in [0.3, 0.4) is 0 Å². The predicted octanol–water partition coefficient (Wildman–Crippen LogP) is 16.3. The number of phenols is 3. The van der Waals surface area contributed by atoms with Crippen LogP contribution in [0.5, 0.6) is 23.0 Å². The lowest BCUT2D eigenvalue weighted by Gasteiger charge is -2.29. The van der Waals surface area contributed by atoms with E-state index in [9.17, 15) is 15.3 Å². The minimum atomic E-state index is -0.331. The first-order chi connectivity index (χ1) is 32.9. The molecule has 0 saturated heterocycles. The Bertz CT molecular complexity index is 2960. The lowest BCUT2D eigenvalue weighted by atomic mass is 9.78. The summed E-state index contributed by atoms with van der Waals surface area (Å²) in [4.78, 5) is 0. The maximum absolute atomic E-state index is 11.0. The van der Waals surface area contributed by atoms with Crippen molar-refractivity contribution >= 4 is 0 Å². The normalized spacial score (nSPS) is 14.1. The number of phenolic OH excluding ortho intramolecular Hbond substituents is 3. The second-order valence-electron chi connectivity index (χ2n) is 20.3. The third-order valence-corrected chi connectivity index (χ3v) is 15.9. The number of hydrogen-bond donors (Lipinski definition) is 3. The molecule has 0 bridgehead atoms. The summed E-state index contributed by atoms with van der Waals surface area (Å²) in [5.74, 6) is 1.79. The van der Waals surface area contributed by atoms with Crippen molar-refractivity contribution < 1.29 is 24.8 Å². The van der Waals surface area contributed by atoms with Crippen LogP contribution in [0.15, 0.2) is 97.1 Å². The number of aryl methyl sites for hydroxylation is 4. The van der Waals surface area contributed by atoms with Crippen molar-refractivity contribution in [2.45, 2.75) is 146 Å². The van der Waals surface area contributed by atoms with Gasteiger partial charge < -0.3 is 24.8 Å². The number of ether oxygens (including phenoxy) is 2. The Morgan fingerprint density at radius 1 is 0.391 bits per heavy atom. The fourth-order valence-electron chi connectivity index (χ4n) is 11.1. The van der Waals surface area contributed by atoms with Crippen molar-refractivity contribution in [1.29, 1.82) is 0 Å². The second-order valence-corrected chi connectivity index (χ2v) is 20.3. The lowest BCUT2D eigenvalue weighted by molar-refractivity contribution is -0.117. The van der Waals surface area contributed by atoms with Crippen LogP contribution in [0.4, 0.5) is 0 Å². The molecule has 7 aromatic carbocycles. The highest BCUT2D eigenvalue weighted by Crippen LogP contribution is 2.45. The lowest BCUT2D eigenvalue weighted by Crippen LogP contribution is -2.26. The summed E-state index contributed by atoms with van der Waals surface area (Å²) < 4.78 is 13.0. The SMILES string of the molecule is Cc1cc(C(c2ccc(-c3ccc(-c4ccc(C(c5cc(C)c(O)c(C)c5C)c5cc(C)c(OC(C)OC6CCCCC6)c(C)c5C)cc4)cc3)cc2)c2cc(C)c(O)c(C)c2C)c(C)c(C)c1O. The van der Waals surface area contributed by atoms with Crippen LogP contribution >= 0.6 is 0 Å². The van der Waals surface area contributed by atoms with Crippen molar-refractivity contribution in [2.75, 3.05) is 0 Å². The van der Waals surface area contributed by atoms with E-state index in [0.717, 1.165) is 119 Å². The molecule has 7 aromatic rings. The quantitative estimate of drug-likeness (QED) is 0.0840. The Hall–Kier alpha value is -6.30. The Kier molecular flexibility index (Phi) is 14.2. The minimum absolute atomic E-state index is 0.0682. The van der Waals surface area contributed by atoms with Crippen LogP contribution in [0.25, 0.3) is 22.3 Å². The summed E-state index contributed by atoms with van der Waals surface area (Å²) in [5.41, 5.74) is 23.5. The topological polar surface area (TPSA) is 79.2 Å². The molecule has 0 radical (unpaired) electrons. The van der Waals surface area contributed by atoms with Crippen LogP contribution in [-0.4, -0.2) is 27.7 Å². The van der Waals surface area contributed by atoms with Gasteiger partial charge in [0.15, 0.2) is 6.29 Å². The van der Waals surface area contributed by atoms with E-state index in [0.29, 0.717) is 17.2 Å². The van der Waals surface area contributed by atoms with Gasteiger partial charge >= 0.3 is 0 Å². The molecule has 5 nitrogen and oxygen atoms in total. The molecule has 1 fully saturated rings. The second kappa shape index (κ2) is 20.0. The van der Waals surface area contributed by atoms with Crippen molar-refractivity contribution in [2.24, 2.45) is 0 Å². The fraction of sp³-hybridized carbons (Fsp3) is 0.344. The molecule has 0 amide bonds. The molecule has 8 rings (SSSR count). The van der Waals surface area contributed by atoms with Gasteiger partial charge in [-0.1, -0.05) is 116 Å². The molecular formula is C64H72O5. The molecule has 358 valence electrons. The van der Waals surface area contributed by atoms with E-state index in [1.807, 2.05) is 48.5 Å². The van der Waals surface area contributed by atoms with Gasteiger partial charge in [0.05, 0.1) is 6.10 Å². The minimum Gasteiger partial charge on any atom is -0.507 e. The molecule has 2 unspecified atom stereocenters. The largest absolute Gasteiger partial charge is 0.507 e. The van der Waals surface area contributed by atoms with Gasteiger partial charge in [-0.15, -0.1) is 0 Å². The summed E-state index contributed by atoms with van der Waals surface area (Å²) >= 11 is 0. The predicted molar refractivity (Wildman–Crippen MR) is 285 cm³/mol. The fourth-order valence-corrected chi connectivity index (χ4v) is 11.1. The maximum atomic E-state index is 11.0. The van der Waals surface area contributed by atoms with Gasteiger partial charge in [0.25, 0.3) is 0 Å². The summed E-state index contributed by atoms with van der Waals surface area (Å²) in [6.45, 7) is 26.8. The highest BCUT2D eigenvalue weighted by Gasteiger charge is 2.28. The summed E-state index contributed by atoms with van der Waals surface area (Å²) in [5, 5.41) is 32.7. The van der Waals surface area contributed by atoms with Crippen LogP contribution in [0.1, 0.15) is 151 Å². The first-order valence-electron chi connectivity index (χ1n) is 25.0. The summed E-state index contributed by atoms with van der Waals surface area (Å²) in [7, 11) is 0. The monoisotopic (exact) mass is 921 g/mol. The van der Waals surface area contributed by atoms with E-state index >= 15 is 0 Å². The van der Waals surface area contributed by atoms with Crippen LogP contribution in [0.2, 0.25) is 0 Å². The number of aromatic hydroxyl groups is 3. The van der Waals surface area contributed by atoms with Gasteiger partial charge in [0.1, 0.15) is 23.0 Å². The van der Waals surface area contributed by atoms with Crippen LogP contribution in [-0.2, 0) is 4.74 Å². The van der Waals surface area contributed by atoms with Gasteiger partial charge in [-0.2, -0.15) is 0 Å². The van der Waals surface area contributed by atoms with Gasteiger partial charge in [0, 0.05) is 11.8 Å². The molecule has 5 heteroatoms. The molecule has 3 N–H and O–H groups in total.